The zero-order chi connectivity index (χ0) is 24.2. The summed E-state index contributed by atoms with van der Waals surface area (Å²) < 4.78 is 26.5. The molecule has 0 aromatic heterocycles. The largest absolute Gasteiger partial charge is 0.493 e. The lowest BCUT2D eigenvalue weighted by atomic mass is 10.1. The predicted molar refractivity (Wildman–Crippen MR) is 121 cm³/mol. The third-order valence-corrected chi connectivity index (χ3v) is 4.48. The van der Waals surface area contributed by atoms with E-state index in [-0.39, 0.29) is 24.4 Å². The lowest BCUT2D eigenvalue weighted by Gasteiger charge is -2.12. The molecule has 0 aliphatic heterocycles. The number of methoxy groups -OCH3 is 2. The molecule has 2 aromatic carbocycles. The van der Waals surface area contributed by atoms with E-state index >= 15 is 0 Å². The molecule has 8 nitrogen and oxygen atoms in total. The number of aryl methyl sites for hydroxylation is 1. The first-order chi connectivity index (χ1) is 15.9. The summed E-state index contributed by atoms with van der Waals surface area (Å²) >= 11 is 0. The molecule has 0 aliphatic carbocycles. The minimum Gasteiger partial charge on any atom is -0.493 e. The Morgan fingerprint density at radius 1 is 0.939 bits per heavy atom. The fourth-order valence-electron chi connectivity index (χ4n) is 2.94. The van der Waals surface area contributed by atoms with Crippen molar-refractivity contribution in [2.24, 2.45) is 0 Å². The molecule has 0 saturated heterocycles. The monoisotopic (exact) mass is 453 g/mol. The highest BCUT2D eigenvalue weighted by molar-refractivity contribution is 5.98. The van der Waals surface area contributed by atoms with Gasteiger partial charge >= 0.3 is 11.9 Å². The number of carbonyl (C=O) groups is 2. The van der Waals surface area contributed by atoms with Crippen molar-refractivity contribution in [1.82, 2.24) is 0 Å². The number of hydrogen-bond acceptors (Lipinski definition) is 8. The van der Waals surface area contributed by atoms with Crippen LogP contribution < -0.4 is 18.9 Å². The summed E-state index contributed by atoms with van der Waals surface area (Å²) in [7, 11) is 3.11. The number of hydrogen-bond donors (Lipinski definition) is 0. The first-order valence-electron chi connectivity index (χ1n) is 10.4. The Bertz CT molecular complexity index is 1050. The van der Waals surface area contributed by atoms with E-state index in [4.69, 9.17) is 23.7 Å². The number of esters is 2. The van der Waals surface area contributed by atoms with E-state index in [1.165, 1.54) is 6.08 Å². The summed E-state index contributed by atoms with van der Waals surface area (Å²) in [4.78, 5) is 24.3. The summed E-state index contributed by atoms with van der Waals surface area (Å²) in [6.45, 7) is 3.96. The van der Waals surface area contributed by atoms with Gasteiger partial charge in [-0.15, -0.1) is 0 Å². The first-order valence-corrected chi connectivity index (χ1v) is 10.4. The number of benzene rings is 2. The van der Waals surface area contributed by atoms with Gasteiger partial charge in [-0.3, -0.25) is 4.79 Å². The standard InChI is InChI=1S/C25H27NO7/c1-5-31-23-15-18(13-19(16-26)25(28)32-6-2)8-11-21(23)33-24(27)12-9-17-7-10-20(29-3)22(14-17)30-4/h7-8,10-11,13-15H,5-6,9,12H2,1-4H3/b19-13+. The van der Waals surface area contributed by atoms with Crippen molar-refractivity contribution in [2.75, 3.05) is 27.4 Å². The van der Waals surface area contributed by atoms with Crippen LogP contribution in [0.5, 0.6) is 23.0 Å². The molecular weight excluding hydrogens is 426 g/mol. The van der Waals surface area contributed by atoms with Crippen LogP contribution in [0.15, 0.2) is 42.0 Å². The predicted octanol–water partition coefficient (Wildman–Crippen LogP) is 4.11. The van der Waals surface area contributed by atoms with E-state index in [1.807, 2.05) is 18.2 Å². The van der Waals surface area contributed by atoms with E-state index in [0.29, 0.717) is 35.8 Å². The van der Waals surface area contributed by atoms with Gasteiger partial charge in [0.15, 0.2) is 23.0 Å². The quantitative estimate of drug-likeness (QED) is 0.217. The van der Waals surface area contributed by atoms with Crippen LogP contribution in [0.25, 0.3) is 6.08 Å². The second-order valence-corrected chi connectivity index (χ2v) is 6.69. The van der Waals surface area contributed by atoms with Gasteiger partial charge in [-0.25, -0.2) is 4.79 Å². The Balaban J connectivity index is 2.12. The van der Waals surface area contributed by atoms with Gasteiger partial charge in [0.05, 0.1) is 27.4 Å². The summed E-state index contributed by atoms with van der Waals surface area (Å²) in [5.74, 6) is 0.641. The average Bonchev–Trinajstić information content (AvgIpc) is 2.82. The molecule has 2 rings (SSSR count). The molecule has 0 saturated carbocycles. The van der Waals surface area contributed by atoms with Crippen molar-refractivity contribution in [2.45, 2.75) is 26.7 Å². The summed E-state index contributed by atoms with van der Waals surface area (Å²) in [6.07, 6.45) is 1.99. The van der Waals surface area contributed by atoms with Gasteiger partial charge in [-0.05, 0) is 61.7 Å². The van der Waals surface area contributed by atoms with Crippen LogP contribution in [-0.2, 0) is 20.7 Å². The number of nitriles is 1. The van der Waals surface area contributed by atoms with Gasteiger partial charge < -0.3 is 23.7 Å². The Morgan fingerprint density at radius 2 is 1.67 bits per heavy atom. The fourth-order valence-corrected chi connectivity index (χ4v) is 2.94. The molecule has 0 bridgehead atoms. The van der Waals surface area contributed by atoms with Crippen LogP contribution in [0.1, 0.15) is 31.4 Å². The minimum atomic E-state index is -0.705. The molecule has 0 heterocycles. The second-order valence-electron chi connectivity index (χ2n) is 6.69. The van der Waals surface area contributed by atoms with Crippen LogP contribution in [0.4, 0.5) is 0 Å². The van der Waals surface area contributed by atoms with Crippen LogP contribution in [-0.4, -0.2) is 39.4 Å². The van der Waals surface area contributed by atoms with Gasteiger partial charge in [0.2, 0.25) is 0 Å². The van der Waals surface area contributed by atoms with Gasteiger partial charge in [0, 0.05) is 6.42 Å². The smallest absolute Gasteiger partial charge is 0.348 e. The Kier molecular flexibility index (Phi) is 9.78. The topological polar surface area (TPSA) is 104 Å². The summed E-state index contributed by atoms with van der Waals surface area (Å²) in [6, 6.07) is 12.1. The Hall–Kier alpha value is -3.99. The maximum Gasteiger partial charge on any atom is 0.348 e. The molecule has 8 heteroatoms. The van der Waals surface area contributed by atoms with E-state index in [0.717, 1.165) is 5.56 Å². The maximum atomic E-state index is 12.4. The van der Waals surface area contributed by atoms with Crippen molar-refractivity contribution in [3.05, 3.63) is 53.1 Å². The molecule has 0 N–H and O–H groups in total. The first kappa shape index (κ1) is 25.3. The molecule has 2 aromatic rings. The highest BCUT2D eigenvalue weighted by atomic mass is 16.6. The SMILES string of the molecule is CCOC(=O)/C(C#N)=C/c1ccc(OC(=O)CCc2ccc(OC)c(OC)c2)c(OCC)c1. The van der Waals surface area contributed by atoms with Gasteiger partial charge in [0.1, 0.15) is 11.6 Å². The molecular formula is C25H27NO7. The Morgan fingerprint density at radius 3 is 2.30 bits per heavy atom. The molecule has 0 aliphatic rings. The van der Waals surface area contributed by atoms with Crippen LogP contribution in [0, 0.1) is 11.3 Å². The van der Waals surface area contributed by atoms with E-state index in [9.17, 15) is 14.9 Å². The van der Waals surface area contributed by atoms with Gasteiger partial charge in [-0.2, -0.15) is 5.26 Å². The van der Waals surface area contributed by atoms with Crippen molar-refractivity contribution in [1.29, 1.82) is 5.26 Å². The van der Waals surface area contributed by atoms with E-state index < -0.39 is 11.9 Å². The molecule has 33 heavy (non-hydrogen) atoms. The molecule has 0 spiro atoms. The van der Waals surface area contributed by atoms with Crippen LogP contribution >= 0.6 is 0 Å². The zero-order valence-corrected chi connectivity index (χ0v) is 19.2. The minimum absolute atomic E-state index is 0.140. The molecule has 174 valence electrons. The lowest BCUT2D eigenvalue weighted by Crippen LogP contribution is -2.10. The summed E-state index contributed by atoms with van der Waals surface area (Å²) in [5.41, 5.74) is 1.30. The number of ether oxygens (including phenoxy) is 5. The molecule has 0 fully saturated rings. The Labute approximate surface area is 193 Å². The molecule has 0 unspecified atom stereocenters. The van der Waals surface area contributed by atoms with Crippen molar-refractivity contribution in [3.63, 3.8) is 0 Å². The van der Waals surface area contributed by atoms with Crippen molar-refractivity contribution >= 4 is 18.0 Å². The fraction of sp³-hybridized carbons (Fsp3) is 0.320. The normalized spacial score (nSPS) is 10.7. The van der Waals surface area contributed by atoms with E-state index in [2.05, 4.69) is 0 Å². The summed E-state index contributed by atoms with van der Waals surface area (Å²) in [5, 5.41) is 9.21. The molecule has 0 radical (unpaired) electrons. The molecule has 0 atom stereocenters. The zero-order valence-electron chi connectivity index (χ0n) is 19.2. The van der Waals surface area contributed by atoms with Crippen molar-refractivity contribution in [3.8, 4) is 29.1 Å². The van der Waals surface area contributed by atoms with E-state index in [1.54, 1.807) is 52.3 Å². The van der Waals surface area contributed by atoms with Gasteiger partial charge in [-0.1, -0.05) is 12.1 Å². The third kappa shape index (κ3) is 7.28. The number of nitrogens with zero attached hydrogens (tertiary/aromatic N) is 1. The maximum absolute atomic E-state index is 12.4. The van der Waals surface area contributed by atoms with Crippen LogP contribution in [0.2, 0.25) is 0 Å². The third-order valence-electron chi connectivity index (χ3n) is 4.48. The number of carbonyl (C=O) groups excluding carboxylic acids is 2. The molecule has 0 amide bonds. The highest BCUT2D eigenvalue weighted by Gasteiger charge is 2.14. The second kappa shape index (κ2) is 12.8. The van der Waals surface area contributed by atoms with Gasteiger partial charge in [0.25, 0.3) is 0 Å². The lowest BCUT2D eigenvalue weighted by molar-refractivity contribution is -0.138. The van der Waals surface area contributed by atoms with Crippen LogP contribution in [0.3, 0.4) is 0 Å². The number of rotatable bonds is 11. The van der Waals surface area contributed by atoms with Crippen molar-refractivity contribution < 1.29 is 33.3 Å². The highest BCUT2D eigenvalue weighted by Crippen LogP contribution is 2.31. The average molecular weight is 453 g/mol.